The van der Waals surface area contributed by atoms with Gasteiger partial charge in [0.25, 0.3) is 0 Å². The first-order chi connectivity index (χ1) is 11.3. The zero-order chi connectivity index (χ0) is 17.9. The normalized spacial score (nSPS) is 11.4. The molecule has 0 spiro atoms. The summed E-state index contributed by atoms with van der Waals surface area (Å²) in [6, 6.07) is 4.28. The average Bonchev–Trinajstić information content (AvgIpc) is 2.95. The third-order valence-corrected chi connectivity index (χ3v) is 2.88. The highest BCUT2D eigenvalue weighted by atomic mass is 19.4. The van der Waals surface area contributed by atoms with Crippen LogP contribution in [-0.4, -0.2) is 29.3 Å². The summed E-state index contributed by atoms with van der Waals surface area (Å²) in [5.41, 5.74) is -1.45. The van der Waals surface area contributed by atoms with Crippen molar-refractivity contribution in [3.05, 3.63) is 29.7 Å². The molecule has 0 saturated heterocycles. The van der Waals surface area contributed by atoms with E-state index in [0.29, 0.717) is 24.7 Å². The van der Waals surface area contributed by atoms with E-state index in [1.807, 2.05) is 0 Å². The van der Waals surface area contributed by atoms with Gasteiger partial charge in [0.2, 0.25) is 11.7 Å². The van der Waals surface area contributed by atoms with Gasteiger partial charge in [-0.05, 0) is 32.0 Å². The predicted octanol–water partition coefficient (Wildman–Crippen LogP) is 3.86. The molecule has 9 heteroatoms. The number of hydrogen-bond acceptors (Lipinski definition) is 5. The molecule has 1 aromatic heterocycles. The Morgan fingerprint density at radius 3 is 2.33 bits per heavy atom. The molecule has 2 rings (SSSR count). The molecule has 0 fully saturated rings. The second-order valence-corrected chi connectivity index (χ2v) is 4.53. The Kier molecular flexibility index (Phi) is 5.01. The Morgan fingerprint density at radius 1 is 1.21 bits per heavy atom. The molecule has 0 aliphatic heterocycles. The number of carboxylic acids is 1. The fourth-order valence-corrected chi connectivity index (χ4v) is 1.96. The molecular formula is C15H14F3NO5. The Labute approximate surface area is 134 Å². The van der Waals surface area contributed by atoms with Crippen LogP contribution in [0.5, 0.6) is 11.5 Å². The molecule has 0 radical (unpaired) electrons. The fraction of sp³-hybridized carbons (Fsp3) is 0.333. The lowest BCUT2D eigenvalue weighted by Gasteiger charge is -2.11. The zero-order valence-corrected chi connectivity index (χ0v) is 12.8. The highest BCUT2D eigenvalue weighted by Gasteiger charge is 2.41. The molecule has 0 bridgehead atoms. The van der Waals surface area contributed by atoms with Gasteiger partial charge in [0.15, 0.2) is 17.2 Å². The zero-order valence-electron chi connectivity index (χ0n) is 12.8. The molecule has 0 aliphatic rings. The number of aromatic carboxylic acids is 1. The summed E-state index contributed by atoms with van der Waals surface area (Å²) in [5, 5.41) is 8.86. The first kappa shape index (κ1) is 17.6. The van der Waals surface area contributed by atoms with E-state index in [1.54, 1.807) is 13.8 Å². The summed E-state index contributed by atoms with van der Waals surface area (Å²) in [7, 11) is 0. The van der Waals surface area contributed by atoms with Gasteiger partial charge in [-0.25, -0.2) is 9.78 Å². The number of alkyl halides is 3. The molecule has 0 unspecified atom stereocenters. The van der Waals surface area contributed by atoms with Gasteiger partial charge in [0, 0.05) is 5.56 Å². The van der Waals surface area contributed by atoms with Crippen molar-refractivity contribution >= 4 is 5.97 Å². The largest absolute Gasteiger partial charge is 0.490 e. The maximum absolute atomic E-state index is 12.9. The molecule has 1 aromatic carbocycles. The third-order valence-electron chi connectivity index (χ3n) is 2.88. The standard InChI is InChI=1S/C15H14F3NO5/c1-3-22-9-6-5-8(7-10(9)23-4-2)13-19-12(15(16,17)18)11(24-13)14(20)21/h5-7H,3-4H2,1-2H3,(H,20,21). The van der Waals surface area contributed by atoms with E-state index in [-0.39, 0.29) is 5.56 Å². The van der Waals surface area contributed by atoms with Crippen LogP contribution in [0.25, 0.3) is 11.5 Å². The fourth-order valence-electron chi connectivity index (χ4n) is 1.96. The van der Waals surface area contributed by atoms with Gasteiger partial charge in [-0.2, -0.15) is 13.2 Å². The van der Waals surface area contributed by atoms with Crippen molar-refractivity contribution in [1.29, 1.82) is 0 Å². The molecule has 130 valence electrons. The molecule has 6 nitrogen and oxygen atoms in total. The minimum absolute atomic E-state index is 0.139. The predicted molar refractivity (Wildman–Crippen MR) is 76.2 cm³/mol. The second kappa shape index (κ2) is 6.81. The summed E-state index contributed by atoms with van der Waals surface area (Å²) in [5.74, 6) is -2.88. The molecule has 1 N–H and O–H groups in total. The van der Waals surface area contributed by atoms with Gasteiger partial charge in [0.05, 0.1) is 13.2 Å². The molecule has 1 heterocycles. The minimum Gasteiger partial charge on any atom is -0.490 e. The lowest BCUT2D eigenvalue weighted by atomic mass is 10.2. The lowest BCUT2D eigenvalue weighted by Crippen LogP contribution is -2.11. The van der Waals surface area contributed by atoms with Gasteiger partial charge < -0.3 is 19.0 Å². The Hall–Kier alpha value is -2.71. The maximum Gasteiger partial charge on any atom is 0.437 e. The topological polar surface area (TPSA) is 81.8 Å². The maximum atomic E-state index is 12.9. The first-order valence-electron chi connectivity index (χ1n) is 6.99. The van der Waals surface area contributed by atoms with Crippen LogP contribution in [0.15, 0.2) is 22.6 Å². The van der Waals surface area contributed by atoms with Gasteiger partial charge in [0.1, 0.15) is 0 Å². The Balaban J connectivity index is 2.52. The number of nitrogens with zero attached hydrogens (tertiary/aromatic N) is 1. The van der Waals surface area contributed by atoms with E-state index in [9.17, 15) is 18.0 Å². The van der Waals surface area contributed by atoms with E-state index in [4.69, 9.17) is 19.0 Å². The molecule has 0 atom stereocenters. The van der Waals surface area contributed by atoms with Crippen molar-refractivity contribution in [3.63, 3.8) is 0 Å². The Bertz CT molecular complexity index is 739. The molecule has 0 aliphatic carbocycles. The van der Waals surface area contributed by atoms with Crippen LogP contribution in [0, 0.1) is 0 Å². The van der Waals surface area contributed by atoms with Crippen LogP contribution in [-0.2, 0) is 6.18 Å². The average molecular weight is 345 g/mol. The number of aromatic nitrogens is 1. The number of carbonyl (C=O) groups is 1. The number of carboxylic acid groups (broad SMARTS) is 1. The number of hydrogen-bond donors (Lipinski definition) is 1. The lowest BCUT2D eigenvalue weighted by molar-refractivity contribution is -0.141. The van der Waals surface area contributed by atoms with Crippen LogP contribution >= 0.6 is 0 Å². The molecule has 0 saturated carbocycles. The molecule has 2 aromatic rings. The molecule has 0 amide bonds. The highest BCUT2D eigenvalue weighted by Crippen LogP contribution is 2.37. The third kappa shape index (κ3) is 3.61. The van der Waals surface area contributed by atoms with E-state index < -0.39 is 29.5 Å². The summed E-state index contributed by atoms with van der Waals surface area (Å²) in [6.45, 7) is 4.19. The number of ether oxygens (including phenoxy) is 2. The number of halogens is 3. The van der Waals surface area contributed by atoms with Crippen molar-refractivity contribution in [2.45, 2.75) is 20.0 Å². The smallest absolute Gasteiger partial charge is 0.437 e. The second-order valence-electron chi connectivity index (χ2n) is 4.53. The van der Waals surface area contributed by atoms with Crippen molar-refractivity contribution in [2.75, 3.05) is 13.2 Å². The highest BCUT2D eigenvalue weighted by molar-refractivity contribution is 5.86. The number of rotatable bonds is 6. The van der Waals surface area contributed by atoms with Crippen molar-refractivity contribution in [2.24, 2.45) is 0 Å². The van der Waals surface area contributed by atoms with Gasteiger partial charge >= 0.3 is 12.1 Å². The summed E-state index contributed by atoms with van der Waals surface area (Å²) in [6.07, 6.45) is -4.94. The summed E-state index contributed by atoms with van der Waals surface area (Å²) < 4.78 is 54.1. The summed E-state index contributed by atoms with van der Waals surface area (Å²) in [4.78, 5) is 14.2. The van der Waals surface area contributed by atoms with Crippen LogP contribution < -0.4 is 9.47 Å². The van der Waals surface area contributed by atoms with Crippen molar-refractivity contribution in [3.8, 4) is 23.0 Å². The molecular weight excluding hydrogens is 331 g/mol. The number of oxazole rings is 1. The van der Waals surface area contributed by atoms with Gasteiger partial charge in [-0.3, -0.25) is 0 Å². The summed E-state index contributed by atoms with van der Waals surface area (Å²) >= 11 is 0. The molecule has 24 heavy (non-hydrogen) atoms. The monoisotopic (exact) mass is 345 g/mol. The van der Waals surface area contributed by atoms with E-state index in [2.05, 4.69) is 4.98 Å². The van der Waals surface area contributed by atoms with E-state index in [1.165, 1.54) is 18.2 Å². The van der Waals surface area contributed by atoms with Gasteiger partial charge in [-0.1, -0.05) is 0 Å². The van der Waals surface area contributed by atoms with E-state index >= 15 is 0 Å². The van der Waals surface area contributed by atoms with Crippen molar-refractivity contribution < 1.29 is 37.0 Å². The van der Waals surface area contributed by atoms with Crippen LogP contribution in [0.1, 0.15) is 30.1 Å². The van der Waals surface area contributed by atoms with Gasteiger partial charge in [-0.15, -0.1) is 0 Å². The van der Waals surface area contributed by atoms with Crippen LogP contribution in [0.3, 0.4) is 0 Å². The number of benzene rings is 1. The van der Waals surface area contributed by atoms with Crippen LogP contribution in [0.4, 0.5) is 13.2 Å². The van der Waals surface area contributed by atoms with Crippen LogP contribution in [0.2, 0.25) is 0 Å². The Morgan fingerprint density at radius 2 is 1.83 bits per heavy atom. The van der Waals surface area contributed by atoms with E-state index in [0.717, 1.165) is 0 Å². The first-order valence-corrected chi connectivity index (χ1v) is 6.99. The minimum atomic E-state index is -4.94. The quantitative estimate of drug-likeness (QED) is 0.856. The van der Waals surface area contributed by atoms with Crippen molar-refractivity contribution in [1.82, 2.24) is 4.98 Å². The SMILES string of the molecule is CCOc1ccc(-c2nc(C(F)(F)F)c(C(=O)O)o2)cc1OCC.